The summed E-state index contributed by atoms with van der Waals surface area (Å²) in [4.78, 5) is 12.7. The lowest BCUT2D eigenvalue weighted by Crippen LogP contribution is -2.49. The summed E-state index contributed by atoms with van der Waals surface area (Å²) in [6, 6.07) is 7.09. The molecule has 1 aromatic rings. The molecular weight excluding hydrogens is 302 g/mol. The number of aliphatic hydroxyl groups is 1. The van der Waals surface area contributed by atoms with Crippen LogP contribution in [0.2, 0.25) is 5.02 Å². The fourth-order valence-corrected chi connectivity index (χ4v) is 3.86. The van der Waals surface area contributed by atoms with E-state index in [4.69, 9.17) is 11.6 Å². The molecule has 3 atom stereocenters. The zero-order chi connectivity index (χ0) is 15.7. The van der Waals surface area contributed by atoms with Crippen LogP contribution in [-0.2, 0) is 0 Å². The topological polar surface area (TPSA) is 60.8 Å². The molecule has 22 heavy (non-hydrogen) atoms. The van der Waals surface area contributed by atoms with Gasteiger partial charge < -0.3 is 15.1 Å². The minimum atomic E-state index is -1.12. The summed E-state index contributed by atoms with van der Waals surface area (Å²) < 4.78 is 0. The van der Waals surface area contributed by atoms with Crippen LogP contribution in [0, 0.1) is 17.8 Å². The molecule has 5 heteroatoms. The standard InChI is InChI=1S/C17H18ClNO3/c18-13-4-1-3-12(11-13)6-9-17(22)8-2-5-15-14(17)7-10-19(15)16(20)21/h1,3-4,11,14-15,22H,2,5,7-8,10H2,(H,20,21). The first kappa shape index (κ1) is 15.2. The van der Waals surface area contributed by atoms with Crippen molar-refractivity contribution in [2.45, 2.75) is 37.3 Å². The Kier molecular flexibility index (Phi) is 4.03. The largest absolute Gasteiger partial charge is 0.465 e. The van der Waals surface area contributed by atoms with Crippen molar-refractivity contribution >= 4 is 17.7 Å². The molecule has 1 aliphatic heterocycles. The molecule has 116 valence electrons. The molecule has 0 aromatic heterocycles. The molecule has 1 aliphatic carbocycles. The van der Waals surface area contributed by atoms with E-state index in [-0.39, 0.29) is 12.0 Å². The molecule has 3 unspecified atom stereocenters. The van der Waals surface area contributed by atoms with E-state index in [0.717, 1.165) is 18.4 Å². The third-order valence-corrected chi connectivity index (χ3v) is 4.95. The summed E-state index contributed by atoms with van der Waals surface area (Å²) in [6.07, 6.45) is 1.94. The van der Waals surface area contributed by atoms with Crippen LogP contribution in [-0.4, -0.2) is 39.4 Å². The second kappa shape index (κ2) is 5.83. The summed E-state index contributed by atoms with van der Waals surface area (Å²) in [6.45, 7) is 0.478. The van der Waals surface area contributed by atoms with Crippen molar-refractivity contribution in [1.82, 2.24) is 4.90 Å². The molecule has 2 N–H and O–H groups in total. The lowest BCUT2D eigenvalue weighted by atomic mass is 9.73. The second-order valence-electron chi connectivity index (χ2n) is 6.02. The zero-order valence-corrected chi connectivity index (χ0v) is 12.9. The number of rotatable bonds is 0. The molecule has 0 radical (unpaired) electrons. The van der Waals surface area contributed by atoms with Gasteiger partial charge in [-0.2, -0.15) is 0 Å². The maximum Gasteiger partial charge on any atom is 0.407 e. The minimum Gasteiger partial charge on any atom is -0.465 e. The Morgan fingerprint density at radius 3 is 2.95 bits per heavy atom. The van der Waals surface area contributed by atoms with E-state index in [2.05, 4.69) is 11.8 Å². The van der Waals surface area contributed by atoms with Gasteiger partial charge in [-0.3, -0.25) is 0 Å². The summed E-state index contributed by atoms with van der Waals surface area (Å²) in [7, 11) is 0. The maximum absolute atomic E-state index is 11.3. The lowest BCUT2D eigenvalue weighted by Gasteiger charge is -2.39. The number of carbonyl (C=O) groups is 1. The Labute approximate surface area is 134 Å². The van der Waals surface area contributed by atoms with Gasteiger partial charge in [-0.1, -0.05) is 29.5 Å². The van der Waals surface area contributed by atoms with Gasteiger partial charge >= 0.3 is 6.09 Å². The highest BCUT2D eigenvalue weighted by molar-refractivity contribution is 6.30. The van der Waals surface area contributed by atoms with Gasteiger partial charge in [-0.15, -0.1) is 0 Å². The van der Waals surface area contributed by atoms with Crippen LogP contribution in [0.4, 0.5) is 4.79 Å². The van der Waals surface area contributed by atoms with Crippen LogP contribution >= 0.6 is 11.6 Å². The number of carboxylic acid groups (broad SMARTS) is 1. The van der Waals surface area contributed by atoms with Gasteiger partial charge in [0.1, 0.15) is 5.60 Å². The SMILES string of the molecule is O=C(O)N1CCC2C1CCCC2(O)C#Cc1cccc(Cl)c1. The number of likely N-dealkylation sites (tertiary alicyclic amines) is 1. The monoisotopic (exact) mass is 319 g/mol. The molecule has 2 aliphatic rings. The smallest absolute Gasteiger partial charge is 0.407 e. The van der Waals surface area contributed by atoms with E-state index < -0.39 is 11.7 Å². The van der Waals surface area contributed by atoms with Gasteiger partial charge in [0.05, 0.1) is 0 Å². The average molecular weight is 320 g/mol. The normalized spacial score (nSPS) is 30.4. The van der Waals surface area contributed by atoms with Crippen LogP contribution in [0.3, 0.4) is 0 Å². The predicted octanol–water partition coefficient (Wildman–Crippen LogP) is 2.98. The highest BCUT2D eigenvalue weighted by Crippen LogP contribution is 2.42. The van der Waals surface area contributed by atoms with Crippen LogP contribution < -0.4 is 0 Å². The Bertz CT molecular complexity index is 651. The Morgan fingerprint density at radius 1 is 1.41 bits per heavy atom. The number of fused-ring (bicyclic) bond motifs is 1. The van der Waals surface area contributed by atoms with Crippen molar-refractivity contribution in [3.05, 3.63) is 34.9 Å². The third kappa shape index (κ3) is 2.79. The first-order valence-corrected chi connectivity index (χ1v) is 7.88. The van der Waals surface area contributed by atoms with Gasteiger partial charge in [0.2, 0.25) is 0 Å². The van der Waals surface area contributed by atoms with E-state index in [9.17, 15) is 15.0 Å². The fraction of sp³-hybridized carbons (Fsp3) is 0.471. The molecular formula is C17H18ClNO3. The highest BCUT2D eigenvalue weighted by Gasteiger charge is 2.50. The summed E-state index contributed by atoms with van der Waals surface area (Å²) >= 11 is 5.94. The number of nitrogens with zero attached hydrogens (tertiary/aromatic N) is 1. The van der Waals surface area contributed by atoms with E-state index in [1.54, 1.807) is 12.1 Å². The Morgan fingerprint density at radius 2 is 2.23 bits per heavy atom. The summed E-state index contributed by atoms with van der Waals surface area (Å²) in [5, 5.41) is 20.8. The molecule has 0 spiro atoms. The van der Waals surface area contributed by atoms with E-state index in [0.29, 0.717) is 24.4 Å². The zero-order valence-electron chi connectivity index (χ0n) is 12.1. The van der Waals surface area contributed by atoms with E-state index in [1.165, 1.54) is 4.90 Å². The van der Waals surface area contributed by atoms with Gasteiger partial charge in [0.15, 0.2) is 0 Å². The van der Waals surface area contributed by atoms with Crippen molar-refractivity contribution in [2.75, 3.05) is 6.54 Å². The first-order chi connectivity index (χ1) is 10.5. The van der Waals surface area contributed by atoms with E-state index >= 15 is 0 Å². The molecule has 3 rings (SSSR count). The molecule has 2 fully saturated rings. The molecule has 0 bridgehead atoms. The van der Waals surface area contributed by atoms with Crippen molar-refractivity contribution < 1.29 is 15.0 Å². The third-order valence-electron chi connectivity index (χ3n) is 4.71. The highest BCUT2D eigenvalue weighted by atomic mass is 35.5. The molecule has 1 heterocycles. The molecule has 1 saturated carbocycles. The molecule has 4 nitrogen and oxygen atoms in total. The van der Waals surface area contributed by atoms with Crippen molar-refractivity contribution in [3.63, 3.8) is 0 Å². The molecule has 1 aromatic carbocycles. The average Bonchev–Trinajstić information content (AvgIpc) is 2.91. The fourth-order valence-electron chi connectivity index (χ4n) is 3.67. The van der Waals surface area contributed by atoms with Crippen LogP contribution in [0.15, 0.2) is 24.3 Å². The predicted molar refractivity (Wildman–Crippen MR) is 83.8 cm³/mol. The lowest BCUT2D eigenvalue weighted by molar-refractivity contribution is -0.0125. The van der Waals surface area contributed by atoms with Gasteiger partial charge in [0.25, 0.3) is 0 Å². The first-order valence-electron chi connectivity index (χ1n) is 7.50. The Hall–Kier alpha value is -1.70. The quantitative estimate of drug-likeness (QED) is 0.723. The van der Waals surface area contributed by atoms with Crippen molar-refractivity contribution in [1.29, 1.82) is 0 Å². The van der Waals surface area contributed by atoms with E-state index in [1.807, 2.05) is 12.1 Å². The van der Waals surface area contributed by atoms with Gasteiger partial charge in [0, 0.05) is 29.1 Å². The number of hydrogen-bond donors (Lipinski definition) is 2. The van der Waals surface area contributed by atoms with Crippen molar-refractivity contribution in [2.24, 2.45) is 5.92 Å². The van der Waals surface area contributed by atoms with Gasteiger partial charge in [-0.25, -0.2) is 4.79 Å². The second-order valence-corrected chi connectivity index (χ2v) is 6.45. The minimum absolute atomic E-state index is 0.107. The molecule has 1 saturated heterocycles. The van der Waals surface area contributed by atoms with Crippen LogP contribution in [0.5, 0.6) is 0 Å². The number of halogens is 1. The maximum atomic E-state index is 11.3. The van der Waals surface area contributed by atoms with Crippen LogP contribution in [0.25, 0.3) is 0 Å². The summed E-state index contributed by atoms with van der Waals surface area (Å²) in [5.41, 5.74) is -0.355. The Balaban J connectivity index is 1.85. The number of amides is 1. The summed E-state index contributed by atoms with van der Waals surface area (Å²) in [5.74, 6) is 5.89. The van der Waals surface area contributed by atoms with Crippen molar-refractivity contribution in [3.8, 4) is 11.8 Å². The molecule has 1 amide bonds. The number of benzene rings is 1. The number of hydrogen-bond acceptors (Lipinski definition) is 2. The van der Waals surface area contributed by atoms with Gasteiger partial charge in [-0.05, 0) is 43.9 Å². The van der Waals surface area contributed by atoms with Crippen LogP contribution in [0.1, 0.15) is 31.2 Å².